The van der Waals surface area contributed by atoms with Crippen LogP contribution in [-0.2, 0) is 0 Å². The van der Waals surface area contributed by atoms with E-state index in [0.717, 1.165) is 37.0 Å². The van der Waals surface area contributed by atoms with Gasteiger partial charge in [-0.15, -0.1) is 11.3 Å². The van der Waals surface area contributed by atoms with Crippen molar-refractivity contribution in [3.63, 3.8) is 0 Å². The SMILES string of the molecule is Fc1cc2nc(-c3ccc(Cl)cc3)n(C(COc3ccsc3)C3CCCCC3)c2cc1F. The molecule has 0 bridgehead atoms. The number of halogens is 3. The molecule has 1 fully saturated rings. The van der Waals surface area contributed by atoms with Gasteiger partial charge in [-0.05, 0) is 54.5 Å². The Hall–Kier alpha value is -2.44. The van der Waals surface area contributed by atoms with Crippen LogP contribution in [0.3, 0.4) is 0 Å². The number of aromatic nitrogens is 2. The van der Waals surface area contributed by atoms with E-state index in [1.807, 2.05) is 29.0 Å². The van der Waals surface area contributed by atoms with Gasteiger partial charge in [0, 0.05) is 28.1 Å². The van der Waals surface area contributed by atoms with Crippen LogP contribution in [0.25, 0.3) is 22.4 Å². The first-order chi connectivity index (χ1) is 15.6. The Kier molecular flexibility index (Phi) is 6.15. The van der Waals surface area contributed by atoms with Crippen LogP contribution in [0.15, 0.2) is 53.2 Å². The Morgan fingerprint density at radius 3 is 2.53 bits per heavy atom. The quantitative estimate of drug-likeness (QED) is 0.285. The molecule has 2 heterocycles. The van der Waals surface area contributed by atoms with Crippen molar-refractivity contribution in [1.29, 1.82) is 0 Å². The molecule has 0 N–H and O–H groups in total. The lowest BCUT2D eigenvalue weighted by atomic mass is 9.83. The number of imidazole rings is 1. The van der Waals surface area contributed by atoms with Gasteiger partial charge in [-0.2, -0.15) is 0 Å². The van der Waals surface area contributed by atoms with Crippen molar-refractivity contribution in [2.45, 2.75) is 38.1 Å². The molecular weight excluding hydrogens is 450 g/mol. The van der Waals surface area contributed by atoms with E-state index in [1.165, 1.54) is 18.6 Å². The summed E-state index contributed by atoms with van der Waals surface area (Å²) in [6.07, 6.45) is 5.68. The molecule has 2 aromatic carbocycles. The lowest BCUT2D eigenvalue weighted by Gasteiger charge is -2.32. The smallest absolute Gasteiger partial charge is 0.161 e. The Morgan fingerprint density at radius 1 is 1.06 bits per heavy atom. The molecule has 3 nitrogen and oxygen atoms in total. The monoisotopic (exact) mass is 472 g/mol. The first-order valence-corrected chi connectivity index (χ1v) is 12.2. The normalized spacial score (nSPS) is 15.8. The fourth-order valence-electron chi connectivity index (χ4n) is 4.68. The standard InChI is InChI=1S/C25H23ClF2N2OS/c26-18-8-6-17(7-9-18)25-29-22-12-20(27)21(28)13-23(22)30(25)24(16-4-2-1-3-5-16)14-31-19-10-11-32-15-19/h6-13,15-16,24H,1-5,14H2. The van der Waals surface area contributed by atoms with Gasteiger partial charge in [0.1, 0.15) is 18.2 Å². The molecule has 7 heteroatoms. The second-order valence-electron chi connectivity index (χ2n) is 8.30. The number of fused-ring (bicyclic) bond motifs is 1. The first-order valence-electron chi connectivity index (χ1n) is 10.9. The Labute approximate surface area is 194 Å². The molecule has 1 saturated carbocycles. The molecule has 1 unspecified atom stereocenters. The minimum atomic E-state index is -0.895. The summed E-state index contributed by atoms with van der Waals surface area (Å²) in [5.74, 6) is 0.0895. The van der Waals surface area contributed by atoms with Gasteiger partial charge in [0.05, 0.1) is 17.1 Å². The van der Waals surface area contributed by atoms with Crippen LogP contribution in [0, 0.1) is 17.6 Å². The molecule has 0 aliphatic heterocycles. The van der Waals surface area contributed by atoms with E-state index in [2.05, 4.69) is 4.57 Å². The molecule has 32 heavy (non-hydrogen) atoms. The predicted molar refractivity (Wildman–Crippen MR) is 126 cm³/mol. The molecule has 0 amide bonds. The van der Waals surface area contributed by atoms with E-state index in [9.17, 15) is 8.78 Å². The van der Waals surface area contributed by atoms with Crippen LogP contribution in [0.4, 0.5) is 8.78 Å². The zero-order valence-corrected chi connectivity index (χ0v) is 19.0. The van der Waals surface area contributed by atoms with Crippen molar-refractivity contribution in [1.82, 2.24) is 9.55 Å². The Balaban J connectivity index is 1.66. The van der Waals surface area contributed by atoms with Gasteiger partial charge in [0.25, 0.3) is 0 Å². The minimum absolute atomic E-state index is 0.0595. The average molecular weight is 473 g/mol. The lowest BCUT2D eigenvalue weighted by Crippen LogP contribution is -2.28. The minimum Gasteiger partial charge on any atom is -0.491 e. The summed E-state index contributed by atoms with van der Waals surface area (Å²) in [6, 6.07) is 11.7. The Bertz CT molecular complexity index is 1200. The number of rotatable bonds is 6. The van der Waals surface area contributed by atoms with Gasteiger partial charge in [0.15, 0.2) is 11.6 Å². The largest absolute Gasteiger partial charge is 0.491 e. The number of nitrogens with zero attached hydrogens (tertiary/aromatic N) is 2. The third kappa shape index (κ3) is 4.26. The van der Waals surface area contributed by atoms with Gasteiger partial charge < -0.3 is 9.30 Å². The van der Waals surface area contributed by atoms with Gasteiger partial charge in [0.2, 0.25) is 0 Å². The van der Waals surface area contributed by atoms with E-state index in [0.29, 0.717) is 34.4 Å². The molecular formula is C25H23ClF2N2OS. The Morgan fingerprint density at radius 2 is 1.81 bits per heavy atom. The van der Waals surface area contributed by atoms with Crippen LogP contribution in [0.1, 0.15) is 38.1 Å². The fraction of sp³-hybridized carbons (Fsp3) is 0.320. The highest BCUT2D eigenvalue weighted by Gasteiger charge is 2.30. The van der Waals surface area contributed by atoms with E-state index < -0.39 is 11.6 Å². The van der Waals surface area contributed by atoms with Crippen LogP contribution in [0.2, 0.25) is 5.02 Å². The second-order valence-corrected chi connectivity index (χ2v) is 9.52. The van der Waals surface area contributed by atoms with Crippen LogP contribution in [0.5, 0.6) is 5.75 Å². The molecule has 1 aliphatic rings. The fourth-order valence-corrected chi connectivity index (χ4v) is 5.38. The van der Waals surface area contributed by atoms with Crippen molar-refractivity contribution >= 4 is 34.0 Å². The van der Waals surface area contributed by atoms with Gasteiger partial charge in [-0.3, -0.25) is 0 Å². The molecule has 1 aliphatic carbocycles. The number of ether oxygens (including phenoxy) is 1. The van der Waals surface area contributed by atoms with E-state index in [1.54, 1.807) is 23.5 Å². The molecule has 5 rings (SSSR count). The number of benzene rings is 2. The maximum Gasteiger partial charge on any atom is 0.161 e. The molecule has 0 saturated heterocycles. The molecule has 166 valence electrons. The van der Waals surface area contributed by atoms with E-state index in [-0.39, 0.29) is 6.04 Å². The number of thiophene rings is 1. The van der Waals surface area contributed by atoms with Crippen LogP contribution < -0.4 is 4.74 Å². The summed E-state index contributed by atoms with van der Waals surface area (Å²) in [4.78, 5) is 4.73. The lowest BCUT2D eigenvalue weighted by molar-refractivity contribution is 0.170. The molecule has 0 spiro atoms. The third-order valence-corrected chi connectivity index (χ3v) is 7.19. The number of hydrogen-bond acceptors (Lipinski definition) is 3. The average Bonchev–Trinajstić information content (AvgIpc) is 3.44. The topological polar surface area (TPSA) is 27.1 Å². The second kappa shape index (κ2) is 9.20. The summed E-state index contributed by atoms with van der Waals surface area (Å²) >= 11 is 7.69. The van der Waals surface area contributed by atoms with Crippen LogP contribution in [-0.4, -0.2) is 16.2 Å². The summed E-state index contributed by atoms with van der Waals surface area (Å²) in [7, 11) is 0. The highest BCUT2D eigenvalue weighted by Crippen LogP contribution is 2.39. The summed E-state index contributed by atoms with van der Waals surface area (Å²) in [6.45, 7) is 0.437. The maximum atomic E-state index is 14.3. The van der Waals surface area contributed by atoms with Crippen molar-refractivity contribution in [2.24, 2.45) is 5.92 Å². The highest BCUT2D eigenvalue weighted by molar-refractivity contribution is 7.08. The maximum absolute atomic E-state index is 14.3. The van der Waals surface area contributed by atoms with Gasteiger partial charge in [-0.1, -0.05) is 30.9 Å². The molecule has 2 aromatic heterocycles. The van der Waals surface area contributed by atoms with Crippen molar-refractivity contribution in [3.8, 4) is 17.1 Å². The molecule has 1 atom stereocenters. The first kappa shape index (κ1) is 21.4. The van der Waals surface area contributed by atoms with Crippen LogP contribution >= 0.6 is 22.9 Å². The highest BCUT2D eigenvalue weighted by atomic mass is 35.5. The zero-order valence-electron chi connectivity index (χ0n) is 17.4. The summed E-state index contributed by atoms with van der Waals surface area (Å²) in [5, 5.41) is 4.58. The van der Waals surface area contributed by atoms with Crippen molar-refractivity contribution in [3.05, 3.63) is 69.9 Å². The van der Waals surface area contributed by atoms with E-state index >= 15 is 0 Å². The van der Waals surface area contributed by atoms with E-state index in [4.69, 9.17) is 21.3 Å². The molecule has 4 aromatic rings. The van der Waals surface area contributed by atoms with Gasteiger partial charge in [-0.25, -0.2) is 13.8 Å². The summed E-state index contributed by atoms with van der Waals surface area (Å²) < 4.78 is 36.6. The van der Waals surface area contributed by atoms with Crippen molar-refractivity contribution < 1.29 is 13.5 Å². The summed E-state index contributed by atoms with van der Waals surface area (Å²) in [5.41, 5.74) is 1.87. The third-order valence-electron chi connectivity index (χ3n) is 6.28. The zero-order chi connectivity index (χ0) is 22.1. The van der Waals surface area contributed by atoms with Gasteiger partial charge >= 0.3 is 0 Å². The molecule has 0 radical (unpaired) electrons. The number of hydrogen-bond donors (Lipinski definition) is 0. The predicted octanol–water partition coefficient (Wildman–Crippen LogP) is 7.90. The van der Waals surface area contributed by atoms with Crippen molar-refractivity contribution in [2.75, 3.05) is 6.61 Å².